The molecule has 0 atom stereocenters. The van der Waals surface area contributed by atoms with E-state index in [1.807, 2.05) is 0 Å². The van der Waals surface area contributed by atoms with Crippen LogP contribution >= 0.6 is 0 Å². The largest absolute Gasteiger partial charge is 0.311 e. The highest BCUT2D eigenvalue weighted by atomic mass is 15.2. The zero-order valence-corrected chi connectivity index (χ0v) is 33.3. The van der Waals surface area contributed by atoms with Crippen molar-refractivity contribution in [1.82, 2.24) is 9.38 Å². The number of aromatic nitrogens is 2. The maximum atomic E-state index is 5.76. The second kappa shape index (κ2) is 9.59. The predicted octanol–water partition coefficient (Wildman–Crippen LogP) is 10.8. The standard InChI is InChI=1S/C54H40BN3/c1-29-13-11-16-33-43-30(2)27-42-46-50(43)58-49-40(56-51(58)44(29)33)28-38-45(53(4)25-23-52(38,3)24-26-53)47(49)55(46)39-21-12-20-37-48(39)57(42)41-22-10-9-19-36(41)54(37)34-17-7-5-14-31(34)32-15-6-8-18-35(32)54/h5-22,27-28H,23-26H2,1-4H3. The van der Waals surface area contributed by atoms with Crippen molar-refractivity contribution in [2.75, 3.05) is 4.90 Å². The van der Waals surface area contributed by atoms with Crippen LogP contribution in [0, 0.1) is 13.8 Å². The third-order valence-corrected chi connectivity index (χ3v) is 16.5. The fourth-order valence-electron chi connectivity index (χ4n) is 14.1. The van der Waals surface area contributed by atoms with Crippen molar-refractivity contribution in [2.45, 2.75) is 69.6 Å². The molecule has 2 aromatic heterocycles. The SMILES string of the molecule is Cc1cccc2c1c1nc3cc4c(c5c3n1c1c3c(cc(C)c21)N1c2ccccc2C2(c6ccccc6-c6ccccc62)c2cccc(c21)B53)C1(C)CCC4(C)CC1. The van der Waals surface area contributed by atoms with E-state index in [2.05, 4.69) is 158 Å². The molecule has 4 aliphatic carbocycles. The van der Waals surface area contributed by atoms with Gasteiger partial charge in [0.15, 0.2) is 0 Å². The van der Waals surface area contributed by atoms with Crippen LogP contribution in [-0.4, -0.2) is 16.1 Å². The molecule has 0 unspecified atom stereocenters. The highest BCUT2D eigenvalue weighted by molar-refractivity contribution is 7.01. The van der Waals surface area contributed by atoms with Crippen molar-refractivity contribution >= 4 is 78.5 Å². The molecule has 1 saturated carbocycles. The molecule has 4 heteroatoms. The Morgan fingerprint density at radius 2 is 1.24 bits per heavy atom. The van der Waals surface area contributed by atoms with Crippen molar-refractivity contribution in [1.29, 1.82) is 0 Å². The number of rotatable bonds is 0. The lowest BCUT2D eigenvalue weighted by atomic mass is 9.31. The molecular weight excluding hydrogens is 701 g/mol. The van der Waals surface area contributed by atoms with Gasteiger partial charge in [0.05, 0.1) is 27.7 Å². The summed E-state index contributed by atoms with van der Waals surface area (Å²) in [7, 11) is 0. The third-order valence-electron chi connectivity index (χ3n) is 16.5. The van der Waals surface area contributed by atoms with Crippen molar-refractivity contribution in [3.63, 3.8) is 0 Å². The molecule has 1 fully saturated rings. The molecule has 0 radical (unpaired) electrons. The summed E-state index contributed by atoms with van der Waals surface area (Å²) in [5.74, 6) is 0. The summed E-state index contributed by atoms with van der Waals surface area (Å²) in [5, 5.41) is 3.98. The highest BCUT2D eigenvalue weighted by Gasteiger charge is 2.57. The first kappa shape index (κ1) is 30.9. The lowest BCUT2D eigenvalue weighted by Crippen LogP contribution is -2.63. The summed E-state index contributed by atoms with van der Waals surface area (Å²) in [5.41, 5.74) is 27.3. The van der Waals surface area contributed by atoms with E-state index < -0.39 is 5.41 Å². The van der Waals surface area contributed by atoms with Crippen LogP contribution in [0.25, 0.3) is 49.5 Å². The lowest BCUT2D eigenvalue weighted by Gasteiger charge is -2.54. The number of hydrogen-bond donors (Lipinski definition) is 0. The summed E-state index contributed by atoms with van der Waals surface area (Å²) in [6, 6.07) is 47.2. The molecule has 9 aromatic rings. The molecule has 7 aromatic carbocycles. The van der Waals surface area contributed by atoms with Crippen LogP contribution < -0.4 is 21.3 Å². The zero-order chi connectivity index (χ0) is 38.2. The molecular formula is C54H40BN3. The fraction of sp³-hybridized carbons (Fsp3) is 0.204. The second-order valence-electron chi connectivity index (χ2n) is 19.2. The number of hydrogen-bond acceptors (Lipinski definition) is 2. The number of nitrogens with zero attached hydrogens (tertiary/aromatic N) is 3. The molecule has 3 aliphatic heterocycles. The van der Waals surface area contributed by atoms with E-state index in [9.17, 15) is 0 Å². The number of anilines is 3. The Bertz CT molecular complexity index is 3440. The average Bonchev–Trinajstić information content (AvgIpc) is 3.77. The molecule has 3 nitrogen and oxygen atoms in total. The third kappa shape index (κ3) is 3.07. The van der Waals surface area contributed by atoms with E-state index in [0.717, 1.165) is 5.65 Å². The number of aryl methyl sites for hydroxylation is 2. The Morgan fingerprint density at radius 3 is 2.02 bits per heavy atom. The molecule has 16 rings (SSSR count). The van der Waals surface area contributed by atoms with E-state index in [0.29, 0.717) is 0 Å². The minimum Gasteiger partial charge on any atom is -0.311 e. The van der Waals surface area contributed by atoms with Crippen LogP contribution in [0.4, 0.5) is 17.1 Å². The van der Waals surface area contributed by atoms with Crippen LogP contribution in [0.2, 0.25) is 0 Å². The smallest absolute Gasteiger partial charge is 0.252 e. The summed E-state index contributed by atoms with van der Waals surface area (Å²) >= 11 is 0. The number of para-hydroxylation sites is 2. The van der Waals surface area contributed by atoms with Crippen LogP contribution in [0.3, 0.4) is 0 Å². The number of fused-ring (bicyclic) bond motifs is 17. The van der Waals surface area contributed by atoms with Gasteiger partial charge in [-0.1, -0.05) is 117 Å². The quantitative estimate of drug-likeness (QED) is 0.114. The number of imidazole rings is 1. The Kier molecular flexibility index (Phi) is 5.12. The first-order valence-corrected chi connectivity index (χ1v) is 21.4. The highest BCUT2D eigenvalue weighted by Crippen LogP contribution is 2.64. The van der Waals surface area contributed by atoms with Gasteiger partial charge in [-0.3, -0.25) is 4.40 Å². The van der Waals surface area contributed by atoms with Crippen LogP contribution in [0.1, 0.15) is 84.0 Å². The molecule has 0 saturated heterocycles. The normalized spacial score (nSPS) is 21.7. The summed E-state index contributed by atoms with van der Waals surface area (Å²) in [4.78, 5) is 8.46. The topological polar surface area (TPSA) is 20.5 Å². The molecule has 5 heterocycles. The van der Waals surface area contributed by atoms with Crippen LogP contribution in [0.5, 0.6) is 0 Å². The van der Waals surface area contributed by atoms with E-state index in [1.165, 1.54) is 136 Å². The maximum absolute atomic E-state index is 5.76. The Hall–Kier alpha value is -6.13. The molecule has 1 spiro atoms. The van der Waals surface area contributed by atoms with E-state index in [-0.39, 0.29) is 17.5 Å². The van der Waals surface area contributed by atoms with Gasteiger partial charge in [-0.25, -0.2) is 4.98 Å². The molecule has 7 aliphatic rings. The summed E-state index contributed by atoms with van der Waals surface area (Å²) in [6.45, 7) is 9.87. The number of pyridine rings is 1. The summed E-state index contributed by atoms with van der Waals surface area (Å²) < 4.78 is 2.65. The van der Waals surface area contributed by atoms with E-state index in [1.54, 1.807) is 11.1 Å². The first-order valence-electron chi connectivity index (χ1n) is 21.4. The first-order chi connectivity index (χ1) is 28.3. The van der Waals surface area contributed by atoms with Gasteiger partial charge in [-0.15, -0.1) is 0 Å². The van der Waals surface area contributed by atoms with Crippen LogP contribution in [-0.2, 0) is 16.2 Å². The fourth-order valence-corrected chi connectivity index (χ4v) is 14.1. The van der Waals surface area contributed by atoms with Crippen molar-refractivity contribution in [3.8, 4) is 11.1 Å². The second-order valence-corrected chi connectivity index (χ2v) is 19.2. The van der Waals surface area contributed by atoms with Gasteiger partial charge in [0.2, 0.25) is 0 Å². The predicted molar refractivity (Wildman–Crippen MR) is 241 cm³/mol. The van der Waals surface area contributed by atoms with E-state index in [4.69, 9.17) is 4.98 Å². The van der Waals surface area contributed by atoms with Gasteiger partial charge < -0.3 is 4.90 Å². The van der Waals surface area contributed by atoms with Gasteiger partial charge in [0, 0.05) is 22.1 Å². The Balaban J connectivity index is 1.19. The lowest BCUT2D eigenvalue weighted by molar-refractivity contribution is 0.189. The molecule has 2 bridgehead atoms. The van der Waals surface area contributed by atoms with Crippen LogP contribution in [0.15, 0.2) is 121 Å². The van der Waals surface area contributed by atoms with Gasteiger partial charge in [-0.05, 0) is 146 Å². The molecule has 0 N–H and O–H groups in total. The van der Waals surface area contributed by atoms with Gasteiger partial charge in [0.25, 0.3) is 6.71 Å². The Labute approximate surface area is 338 Å². The monoisotopic (exact) mass is 741 g/mol. The van der Waals surface area contributed by atoms with E-state index >= 15 is 0 Å². The van der Waals surface area contributed by atoms with Crippen molar-refractivity contribution in [2.24, 2.45) is 0 Å². The number of benzene rings is 7. The van der Waals surface area contributed by atoms with Gasteiger partial charge in [0.1, 0.15) is 5.65 Å². The Morgan fingerprint density at radius 1 is 0.569 bits per heavy atom. The van der Waals surface area contributed by atoms with Gasteiger partial charge >= 0.3 is 0 Å². The zero-order valence-electron chi connectivity index (χ0n) is 33.3. The molecule has 0 amide bonds. The average molecular weight is 742 g/mol. The van der Waals surface area contributed by atoms with Crippen molar-refractivity contribution < 1.29 is 0 Å². The van der Waals surface area contributed by atoms with Crippen molar-refractivity contribution in [3.05, 3.63) is 166 Å². The van der Waals surface area contributed by atoms with Gasteiger partial charge in [-0.2, -0.15) is 0 Å². The summed E-state index contributed by atoms with van der Waals surface area (Å²) in [6.07, 6.45) is 4.98. The molecule has 58 heavy (non-hydrogen) atoms. The molecule has 274 valence electrons. The minimum absolute atomic E-state index is 0.0744. The minimum atomic E-state index is -0.448. The maximum Gasteiger partial charge on any atom is 0.252 e.